The fourth-order valence-corrected chi connectivity index (χ4v) is 5.12. The molecule has 192 valence electrons. The summed E-state index contributed by atoms with van der Waals surface area (Å²) >= 11 is 0. The van der Waals surface area contributed by atoms with Crippen molar-refractivity contribution in [1.29, 1.82) is 0 Å². The van der Waals surface area contributed by atoms with E-state index in [1.807, 2.05) is 48.8 Å². The van der Waals surface area contributed by atoms with Gasteiger partial charge in [0.25, 0.3) is 0 Å². The van der Waals surface area contributed by atoms with Crippen molar-refractivity contribution in [2.75, 3.05) is 54.0 Å². The summed E-state index contributed by atoms with van der Waals surface area (Å²) in [6.07, 6.45) is 6.92. The number of piperazine rings is 1. The van der Waals surface area contributed by atoms with Gasteiger partial charge in [-0.2, -0.15) is 0 Å². The Morgan fingerprint density at radius 2 is 1.70 bits per heavy atom. The highest BCUT2D eigenvalue weighted by Crippen LogP contribution is 2.35. The minimum Gasteiger partial charge on any atom is -0.497 e. The number of carbonyl (C=O) groups excluding carboxylic acids is 1. The molecule has 4 aromatic rings. The Morgan fingerprint density at radius 3 is 2.49 bits per heavy atom. The van der Waals surface area contributed by atoms with Gasteiger partial charge in [-0.25, -0.2) is 4.79 Å². The number of benzene rings is 2. The Kier molecular flexibility index (Phi) is 7.53. The lowest BCUT2D eigenvalue weighted by molar-refractivity contribution is 0.0603. The Labute approximate surface area is 218 Å². The number of esters is 1. The molecule has 7 heteroatoms. The monoisotopic (exact) mass is 498 g/mol. The molecule has 3 heterocycles. The lowest BCUT2D eigenvalue weighted by atomic mass is 9.99. The number of likely N-dealkylation sites (N-methyl/N-ethyl adjacent to an activating group) is 1. The van der Waals surface area contributed by atoms with Gasteiger partial charge in [-0.05, 0) is 55.9 Å². The Bertz CT molecular complexity index is 1390. The van der Waals surface area contributed by atoms with Gasteiger partial charge in [0.05, 0.1) is 19.8 Å². The highest BCUT2D eigenvalue weighted by molar-refractivity contribution is 6.10. The van der Waals surface area contributed by atoms with Crippen molar-refractivity contribution in [3.8, 4) is 28.0 Å². The first kappa shape index (κ1) is 25.0. The molecular formula is C30H34N4O3. The minimum absolute atomic E-state index is 0.334. The number of fused-ring (bicyclic) bond motifs is 1. The number of nitrogens with zero attached hydrogens (tertiary/aromatic N) is 4. The summed E-state index contributed by atoms with van der Waals surface area (Å²) in [5, 5.41) is 0.901. The Morgan fingerprint density at radius 1 is 0.919 bits per heavy atom. The lowest BCUT2D eigenvalue weighted by Gasteiger charge is -2.32. The number of methoxy groups -OCH3 is 2. The fraction of sp³-hybridized carbons (Fsp3) is 0.333. The summed E-state index contributed by atoms with van der Waals surface area (Å²) in [7, 11) is 5.28. The predicted molar refractivity (Wildman–Crippen MR) is 147 cm³/mol. The molecule has 1 fully saturated rings. The highest BCUT2D eigenvalue weighted by Gasteiger charge is 2.20. The third-order valence-electron chi connectivity index (χ3n) is 7.23. The molecule has 5 rings (SSSR count). The van der Waals surface area contributed by atoms with Crippen LogP contribution in [0.25, 0.3) is 33.2 Å². The van der Waals surface area contributed by atoms with E-state index in [0.717, 1.165) is 84.6 Å². The molecule has 37 heavy (non-hydrogen) atoms. The van der Waals surface area contributed by atoms with Crippen LogP contribution in [-0.4, -0.2) is 79.3 Å². The second-order valence-corrected chi connectivity index (χ2v) is 9.62. The number of hydrogen-bond acceptors (Lipinski definition) is 6. The molecule has 1 saturated heterocycles. The number of aryl methyl sites for hydroxylation is 1. The van der Waals surface area contributed by atoms with Crippen molar-refractivity contribution in [3.63, 3.8) is 0 Å². The second-order valence-electron chi connectivity index (χ2n) is 9.62. The molecule has 0 saturated carbocycles. The van der Waals surface area contributed by atoms with Crippen LogP contribution >= 0.6 is 0 Å². The topological polar surface area (TPSA) is 59.8 Å². The molecule has 1 aliphatic heterocycles. The molecule has 2 aromatic heterocycles. The minimum atomic E-state index is -0.334. The number of rotatable bonds is 8. The summed E-state index contributed by atoms with van der Waals surface area (Å²) < 4.78 is 12.8. The molecule has 2 aromatic carbocycles. The van der Waals surface area contributed by atoms with E-state index in [0.29, 0.717) is 5.56 Å². The van der Waals surface area contributed by atoms with Gasteiger partial charge < -0.3 is 23.8 Å². The molecule has 1 aliphatic rings. The number of pyridine rings is 1. The van der Waals surface area contributed by atoms with E-state index in [1.165, 1.54) is 7.11 Å². The van der Waals surface area contributed by atoms with Gasteiger partial charge in [0, 0.05) is 78.9 Å². The second kappa shape index (κ2) is 11.2. The molecule has 0 bridgehead atoms. The number of carbonyl (C=O) groups is 1. The van der Waals surface area contributed by atoms with Crippen LogP contribution in [0, 0.1) is 0 Å². The third kappa shape index (κ3) is 5.38. The number of ether oxygens (including phenoxy) is 2. The summed E-state index contributed by atoms with van der Waals surface area (Å²) in [5.41, 5.74) is 5.55. The van der Waals surface area contributed by atoms with Gasteiger partial charge in [0.2, 0.25) is 0 Å². The van der Waals surface area contributed by atoms with E-state index in [-0.39, 0.29) is 5.97 Å². The molecule has 0 aliphatic carbocycles. The van der Waals surface area contributed by atoms with Crippen molar-refractivity contribution in [1.82, 2.24) is 19.4 Å². The van der Waals surface area contributed by atoms with Gasteiger partial charge in [0.15, 0.2) is 0 Å². The van der Waals surface area contributed by atoms with E-state index >= 15 is 0 Å². The van der Waals surface area contributed by atoms with Gasteiger partial charge in [-0.1, -0.05) is 18.2 Å². The standard InChI is InChI=1S/C30H34N4O3/c1-32-13-15-33(16-14-32)11-6-12-34-21-27(29-26(30(35)37-3)9-5-10-28(29)34)24-17-23(19-31-20-24)22-7-4-8-25(18-22)36-2/h4-5,7-10,17-21H,6,11-16H2,1-3H3. The molecule has 0 N–H and O–H groups in total. The summed E-state index contributed by atoms with van der Waals surface area (Å²) in [6.45, 7) is 6.40. The van der Waals surface area contributed by atoms with Gasteiger partial charge in [-0.3, -0.25) is 4.98 Å². The van der Waals surface area contributed by atoms with Crippen LogP contribution < -0.4 is 4.74 Å². The summed E-state index contributed by atoms with van der Waals surface area (Å²) in [5.74, 6) is 0.465. The molecule has 0 spiro atoms. The first-order chi connectivity index (χ1) is 18.1. The Balaban J connectivity index is 1.51. The number of aromatic nitrogens is 2. The lowest BCUT2D eigenvalue weighted by Crippen LogP contribution is -2.44. The highest BCUT2D eigenvalue weighted by atomic mass is 16.5. The van der Waals surface area contributed by atoms with Crippen LogP contribution in [0.2, 0.25) is 0 Å². The molecule has 7 nitrogen and oxygen atoms in total. The largest absolute Gasteiger partial charge is 0.497 e. The van der Waals surface area contributed by atoms with Crippen molar-refractivity contribution in [3.05, 3.63) is 72.7 Å². The van der Waals surface area contributed by atoms with E-state index in [4.69, 9.17) is 9.47 Å². The average Bonchev–Trinajstić information content (AvgIpc) is 3.32. The third-order valence-corrected chi connectivity index (χ3v) is 7.23. The van der Waals surface area contributed by atoms with Gasteiger partial charge in [0.1, 0.15) is 5.75 Å². The van der Waals surface area contributed by atoms with Gasteiger partial charge in [-0.15, -0.1) is 0 Å². The fourth-order valence-electron chi connectivity index (χ4n) is 5.12. The van der Waals surface area contributed by atoms with Crippen LogP contribution in [0.15, 0.2) is 67.1 Å². The maximum Gasteiger partial charge on any atom is 0.338 e. The van der Waals surface area contributed by atoms with Crippen LogP contribution in [0.3, 0.4) is 0 Å². The molecule has 0 unspecified atom stereocenters. The zero-order chi connectivity index (χ0) is 25.8. The molecule has 0 amide bonds. The van der Waals surface area contributed by atoms with Crippen LogP contribution in [0.5, 0.6) is 5.75 Å². The van der Waals surface area contributed by atoms with E-state index < -0.39 is 0 Å². The maximum atomic E-state index is 12.8. The van der Waals surface area contributed by atoms with E-state index in [2.05, 4.69) is 44.7 Å². The van der Waals surface area contributed by atoms with Crippen LogP contribution in [0.4, 0.5) is 0 Å². The number of hydrogen-bond donors (Lipinski definition) is 0. The van der Waals surface area contributed by atoms with Crippen molar-refractivity contribution in [2.24, 2.45) is 0 Å². The smallest absolute Gasteiger partial charge is 0.338 e. The average molecular weight is 499 g/mol. The van der Waals surface area contributed by atoms with Crippen LogP contribution in [-0.2, 0) is 11.3 Å². The van der Waals surface area contributed by atoms with E-state index in [9.17, 15) is 4.79 Å². The predicted octanol–water partition coefficient (Wildman–Crippen LogP) is 4.80. The zero-order valence-electron chi connectivity index (χ0n) is 21.8. The summed E-state index contributed by atoms with van der Waals surface area (Å²) in [4.78, 5) is 22.2. The van der Waals surface area contributed by atoms with Crippen molar-refractivity contribution >= 4 is 16.9 Å². The SMILES string of the molecule is COC(=O)c1cccc2c1c(-c1cncc(-c3cccc(OC)c3)c1)cn2CCCN1CCN(C)CC1. The first-order valence-electron chi connectivity index (χ1n) is 12.8. The maximum absolute atomic E-state index is 12.8. The zero-order valence-corrected chi connectivity index (χ0v) is 21.8. The van der Waals surface area contributed by atoms with E-state index in [1.54, 1.807) is 7.11 Å². The van der Waals surface area contributed by atoms with Crippen LogP contribution in [0.1, 0.15) is 16.8 Å². The quantitative estimate of drug-likeness (QED) is 0.325. The molecular weight excluding hydrogens is 464 g/mol. The van der Waals surface area contributed by atoms with Gasteiger partial charge >= 0.3 is 5.97 Å². The normalized spacial score (nSPS) is 14.7. The summed E-state index contributed by atoms with van der Waals surface area (Å²) in [6, 6.07) is 15.9. The van der Waals surface area contributed by atoms with Crippen molar-refractivity contribution in [2.45, 2.75) is 13.0 Å². The van der Waals surface area contributed by atoms with Crippen molar-refractivity contribution < 1.29 is 14.3 Å². The molecule has 0 radical (unpaired) electrons. The first-order valence-corrected chi connectivity index (χ1v) is 12.8. The molecule has 0 atom stereocenters. The Hall–Kier alpha value is -3.68.